The van der Waals surface area contributed by atoms with Gasteiger partial charge in [-0.05, 0) is 75.9 Å². The van der Waals surface area contributed by atoms with Crippen LogP contribution in [0.15, 0.2) is 59.3 Å². The van der Waals surface area contributed by atoms with Crippen molar-refractivity contribution in [2.45, 2.75) is 38.8 Å². The summed E-state index contributed by atoms with van der Waals surface area (Å²) in [6, 6.07) is 12.7. The second-order valence-corrected chi connectivity index (χ2v) is 9.86. The summed E-state index contributed by atoms with van der Waals surface area (Å²) < 4.78 is 23.7. The first kappa shape index (κ1) is 28.0. The van der Waals surface area contributed by atoms with Gasteiger partial charge in [0.15, 0.2) is 17.6 Å². The molecule has 0 saturated carbocycles. The summed E-state index contributed by atoms with van der Waals surface area (Å²) in [4.78, 5) is 15.3. The largest absolute Gasteiger partial charge is 0.486 e. The molecule has 0 aliphatic carbocycles. The van der Waals surface area contributed by atoms with Gasteiger partial charge in [-0.1, -0.05) is 12.1 Å². The Hall–Kier alpha value is -3.02. The third-order valence-corrected chi connectivity index (χ3v) is 6.32. The number of aromatic nitrogens is 1. The molecule has 9 nitrogen and oxygen atoms in total. The second-order valence-electron chi connectivity index (χ2n) is 8.95. The maximum Gasteiger partial charge on any atom is 0.308 e. The molecule has 2 heterocycles. The molecule has 0 spiro atoms. The van der Waals surface area contributed by atoms with Crippen molar-refractivity contribution in [3.63, 3.8) is 0 Å². The number of fused-ring (bicyclic) bond motifs is 1. The molecule has 0 radical (unpaired) electrons. The number of hydrogen-bond donors (Lipinski definition) is 3. The topological polar surface area (TPSA) is 119 Å². The highest BCUT2D eigenvalue weighted by molar-refractivity contribution is 9.10. The number of halogens is 1. The van der Waals surface area contributed by atoms with Crippen molar-refractivity contribution in [1.82, 2.24) is 10.3 Å². The Morgan fingerprint density at radius 2 is 2.05 bits per heavy atom. The Balaban J connectivity index is 1.22. The minimum Gasteiger partial charge on any atom is -0.486 e. The zero-order valence-electron chi connectivity index (χ0n) is 21.1. The summed E-state index contributed by atoms with van der Waals surface area (Å²) >= 11 is 3.41. The van der Waals surface area contributed by atoms with Crippen LogP contribution < -0.4 is 19.5 Å². The lowest BCUT2D eigenvalue weighted by atomic mass is 10.0. The molecule has 10 heteroatoms. The van der Waals surface area contributed by atoms with E-state index in [1.165, 1.54) is 6.92 Å². The van der Waals surface area contributed by atoms with Crippen molar-refractivity contribution in [3.8, 4) is 17.2 Å². The molecular formula is C28H31BrN2O7. The van der Waals surface area contributed by atoms with E-state index in [1.807, 2.05) is 24.3 Å². The van der Waals surface area contributed by atoms with Crippen LogP contribution in [-0.4, -0.2) is 53.6 Å². The molecule has 0 fully saturated rings. The van der Waals surface area contributed by atoms with Crippen molar-refractivity contribution >= 4 is 21.9 Å². The highest BCUT2D eigenvalue weighted by Gasteiger charge is 2.21. The molecule has 3 N–H and O–H groups in total. The molecule has 0 bridgehead atoms. The van der Waals surface area contributed by atoms with Gasteiger partial charge in [0, 0.05) is 35.9 Å². The van der Waals surface area contributed by atoms with Crippen LogP contribution in [0.5, 0.6) is 17.2 Å². The minimum atomic E-state index is -0.777. The van der Waals surface area contributed by atoms with Gasteiger partial charge in [0.25, 0.3) is 0 Å². The molecular weight excluding hydrogens is 556 g/mol. The van der Waals surface area contributed by atoms with Gasteiger partial charge < -0.3 is 34.5 Å². The molecule has 3 aromatic rings. The second kappa shape index (κ2) is 13.7. The highest BCUT2D eigenvalue weighted by Crippen LogP contribution is 2.33. The van der Waals surface area contributed by atoms with Crippen molar-refractivity contribution < 1.29 is 34.0 Å². The van der Waals surface area contributed by atoms with Crippen LogP contribution in [0.2, 0.25) is 0 Å². The van der Waals surface area contributed by atoms with Crippen molar-refractivity contribution in [3.05, 3.63) is 81.6 Å². The molecule has 38 heavy (non-hydrogen) atoms. The number of carbonyl (C=O) groups excluding carboxylic acids is 1. The minimum absolute atomic E-state index is 0.206. The van der Waals surface area contributed by atoms with Gasteiger partial charge in [0.1, 0.15) is 12.4 Å². The van der Waals surface area contributed by atoms with Crippen LogP contribution in [-0.2, 0) is 29.2 Å². The highest BCUT2D eigenvalue weighted by atomic mass is 79.9. The molecule has 1 aliphatic heterocycles. The number of nitrogens with zero attached hydrogens (tertiary/aromatic N) is 1. The van der Waals surface area contributed by atoms with Crippen LogP contribution in [0.4, 0.5) is 0 Å². The lowest BCUT2D eigenvalue weighted by Gasteiger charge is -2.27. The zero-order chi connectivity index (χ0) is 26.9. The van der Waals surface area contributed by atoms with Gasteiger partial charge >= 0.3 is 5.97 Å². The average Bonchev–Trinajstić information content (AvgIpc) is 2.90. The number of benzene rings is 2. The number of aliphatic hydroxyl groups is 2. The number of aliphatic hydroxyl groups excluding tert-OH is 2. The number of carbonyl (C=O) groups is 1. The van der Waals surface area contributed by atoms with Crippen LogP contribution in [0, 0.1) is 0 Å². The summed E-state index contributed by atoms with van der Waals surface area (Å²) in [5.74, 6) is 1.22. The maximum absolute atomic E-state index is 11.2. The quantitative estimate of drug-likeness (QED) is 0.166. The van der Waals surface area contributed by atoms with Gasteiger partial charge in [0.2, 0.25) is 0 Å². The van der Waals surface area contributed by atoms with Gasteiger partial charge in [0.05, 0.1) is 25.9 Å². The van der Waals surface area contributed by atoms with E-state index in [0.717, 1.165) is 22.0 Å². The predicted octanol–water partition coefficient (Wildman–Crippen LogP) is 3.48. The third kappa shape index (κ3) is 7.99. The molecule has 2 atom stereocenters. The van der Waals surface area contributed by atoms with Crippen LogP contribution in [0.1, 0.15) is 35.3 Å². The van der Waals surface area contributed by atoms with E-state index in [1.54, 1.807) is 30.6 Å². The lowest BCUT2D eigenvalue weighted by Crippen LogP contribution is -2.33. The first-order chi connectivity index (χ1) is 18.4. The number of hydrogen-bond acceptors (Lipinski definition) is 9. The number of rotatable bonds is 12. The monoisotopic (exact) mass is 586 g/mol. The van der Waals surface area contributed by atoms with Gasteiger partial charge in [-0.2, -0.15) is 0 Å². The summed E-state index contributed by atoms with van der Waals surface area (Å²) in [7, 11) is 0. The van der Waals surface area contributed by atoms with E-state index >= 15 is 0 Å². The molecule has 1 aliphatic rings. The lowest BCUT2D eigenvalue weighted by molar-refractivity contribution is -0.131. The van der Waals surface area contributed by atoms with E-state index in [-0.39, 0.29) is 18.5 Å². The van der Waals surface area contributed by atoms with Gasteiger partial charge in [-0.3, -0.25) is 9.78 Å². The molecule has 1 aromatic heterocycles. The van der Waals surface area contributed by atoms with Crippen molar-refractivity contribution in [2.24, 2.45) is 0 Å². The Bertz CT molecular complexity index is 1240. The summed E-state index contributed by atoms with van der Waals surface area (Å²) in [5.41, 5.74) is 3.12. The molecule has 0 saturated heterocycles. The number of esters is 1. The maximum atomic E-state index is 11.2. The van der Waals surface area contributed by atoms with Crippen LogP contribution in [0.3, 0.4) is 0 Å². The first-order valence-electron chi connectivity index (χ1n) is 12.3. The molecule has 0 amide bonds. The van der Waals surface area contributed by atoms with Gasteiger partial charge in [-0.25, -0.2) is 0 Å². The van der Waals surface area contributed by atoms with Crippen LogP contribution in [0.25, 0.3) is 0 Å². The normalized spacial score (nSPS) is 15.2. The number of ether oxygens (including phenoxy) is 4. The standard InChI is InChI=1S/C28H31BrN2O7/c1-18(33)37-26-5-3-21(10-22(26)14-32)25(34)13-30-7-6-19-2-4-27-28(9-19)38-24(17-36-27)16-35-15-20-8-23(29)12-31-11-20/h2-5,8-12,24-25,30,32,34H,6-7,13-17H2,1H3/t24-,25+/m1/s1. The number of pyridine rings is 1. The van der Waals surface area contributed by atoms with Crippen molar-refractivity contribution in [1.29, 1.82) is 0 Å². The summed E-state index contributed by atoms with van der Waals surface area (Å²) in [6.07, 6.45) is 3.25. The van der Waals surface area contributed by atoms with Gasteiger partial charge in [-0.15, -0.1) is 0 Å². The molecule has 2 aromatic carbocycles. The molecule has 4 rings (SSSR count). The average molecular weight is 587 g/mol. The summed E-state index contributed by atoms with van der Waals surface area (Å²) in [5, 5.41) is 23.4. The van der Waals surface area contributed by atoms with E-state index in [9.17, 15) is 15.0 Å². The first-order valence-corrected chi connectivity index (χ1v) is 13.1. The Morgan fingerprint density at radius 1 is 1.18 bits per heavy atom. The van der Waals surface area contributed by atoms with Crippen molar-refractivity contribution in [2.75, 3.05) is 26.3 Å². The Morgan fingerprint density at radius 3 is 2.84 bits per heavy atom. The smallest absolute Gasteiger partial charge is 0.308 e. The zero-order valence-corrected chi connectivity index (χ0v) is 22.6. The Kier molecular flexibility index (Phi) is 10.1. The Labute approximate surface area is 229 Å². The fourth-order valence-electron chi connectivity index (χ4n) is 4.01. The van der Waals surface area contributed by atoms with E-state index in [0.29, 0.717) is 55.5 Å². The molecule has 0 unspecified atom stereocenters. The molecule has 202 valence electrons. The van der Waals surface area contributed by atoms with E-state index < -0.39 is 12.1 Å². The predicted molar refractivity (Wildman–Crippen MR) is 143 cm³/mol. The third-order valence-electron chi connectivity index (χ3n) is 5.88. The van der Waals surface area contributed by atoms with Crippen LogP contribution >= 0.6 is 15.9 Å². The van der Waals surface area contributed by atoms with E-state index in [4.69, 9.17) is 18.9 Å². The SMILES string of the molecule is CC(=O)Oc1ccc([C@@H](O)CNCCc2ccc3c(c2)O[C@H](COCc2cncc(Br)c2)CO3)cc1CO. The fraction of sp³-hybridized carbons (Fsp3) is 0.357. The fourth-order valence-corrected chi connectivity index (χ4v) is 4.43. The summed E-state index contributed by atoms with van der Waals surface area (Å²) in [6.45, 7) is 3.23. The van der Waals surface area contributed by atoms with E-state index in [2.05, 4.69) is 26.2 Å². The number of nitrogens with one attached hydrogen (secondary N) is 1.